The molecule has 0 aromatic heterocycles. The Hall–Kier alpha value is -0.0000000000000000555. The van der Waals surface area contributed by atoms with Crippen LogP contribution in [0.5, 0.6) is 0 Å². The van der Waals surface area contributed by atoms with Crippen molar-refractivity contribution in [3.05, 3.63) is 34.1 Å². The second-order valence-corrected chi connectivity index (χ2v) is 6.59. The number of rotatable bonds is 3. The van der Waals surface area contributed by atoms with Crippen LogP contribution < -0.4 is 0 Å². The van der Waals surface area contributed by atoms with Gasteiger partial charge in [0.25, 0.3) is 0 Å². The monoisotopic (exact) mass is 397 g/mol. The van der Waals surface area contributed by atoms with E-state index in [9.17, 15) is 4.39 Å². The van der Waals surface area contributed by atoms with Crippen LogP contribution in [-0.2, 0) is 0 Å². The van der Waals surface area contributed by atoms with E-state index in [4.69, 9.17) is 0 Å². The fourth-order valence-electron chi connectivity index (χ4n) is 1.21. The van der Waals surface area contributed by atoms with Crippen LogP contribution in [0.15, 0.2) is 22.1 Å². The zero-order valence-electron chi connectivity index (χ0n) is 7.61. The highest BCUT2D eigenvalue weighted by atomic mass is 79.9. The van der Waals surface area contributed by atoms with Crippen LogP contribution in [0, 0.1) is 5.82 Å². The maximum absolute atomic E-state index is 13.7. The van der Waals surface area contributed by atoms with Crippen LogP contribution in [0.4, 0.5) is 10.1 Å². The van der Waals surface area contributed by atoms with Gasteiger partial charge in [-0.3, -0.25) is 4.99 Å². The number of hydrogen-bond donors (Lipinski definition) is 0. The molecule has 0 amide bonds. The quantitative estimate of drug-likeness (QED) is 0.480. The van der Waals surface area contributed by atoms with Gasteiger partial charge in [-0.15, -0.1) is 0 Å². The summed E-state index contributed by atoms with van der Waals surface area (Å²) < 4.78 is 14.0. The van der Waals surface area contributed by atoms with Crippen molar-refractivity contribution in [2.24, 2.45) is 4.99 Å². The van der Waals surface area contributed by atoms with Crippen molar-refractivity contribution < 1.29 is 4.39 Å². The highest BCUT2D eigenvalue weighted by molar-refractivity contribution is 9.24. The molecule has 5 heteroatoms. The molecule has 0 unspecified atom stereocenters. The summed E-state index contributed by atoms with van der Waals surface area (Å²) in [7, 11) is 0. The summed E-state index contributed by atoms with van der Waals surface area (Å²) in [5, 5.41) is 0. The third kappa shape index (κ3) is 2.57. The van der Waals surface area contributed by atoms with Gasteiger partial charge in [0.15, 0.2) is 0 Å². The Kier molecular flexibility index (Phi) is 4.67. The van der Waals surface area contributed by atoms with Crippen LogP contribution >= 0.6 is 47.8 Å². The summed E-state index contributed by atoms with van der Waals surface area (Å²) in [6, 6.07) is 1.39. The third-order valence-electron chi connectivity index (χ3n) is 1.86. The first-order chi connectivity index (χ1) is 7.02. The first-order valence-electron chi connectivity index (χ1n) is 3.92. The van der Waals surface area contributed by atoms with Crippen molar-refractivity contribution in [3.8, 4) is 0 Å². The molecule has 0 aliphatic carbocycles. The molecule has 0 fully saturated rings. The minimum atomic E-state index is -0.353. The topological polar surface area (TPSA) is 12.4 Å². The number of hydrogen-bond acceptors (Lipinski definition) is 1. The van der Waals surface area contributed by atoms with Gasteiger partial charge < -0.3 is 0 Å². The Morgan fingerprint density at radius 3 is 2.47 bits per heavy atom. The summed E-state index contributed by atoms with van der Waals surface area (Å²) in [4.78, 5) is 3.83. The Morgan fingerprint density at radius 2 is 2.07 bits per heavy atom. The van der Waals surface area contributed by atoms with Gasteiger partial charge in [-0.05, 0) is 28.7 Å². The van der Waals surface area contributed by atoms with Crippen LogP contribution in [0.2, 0.25) is 0 Å². The average Bonchev–Trinajstić information content (AvgIpc) is 2.15. The fraction of sp³-hybridized carbons (Fsp3) is 0.100. The molecule has 0 bridgehead atoms. The summed E-state index contributed by atoms with van der Waals surface area (Å²) in [5.74, 6) is -0.353. The summed E-state index contributed by atoms with van der Waals surface area (Å²) in [5.41, 5.74) is 1.63. The lowest BCUT2D eigenvalue weighted by Crippen LogP contribution is -1.93. The van der Waals surface area contributed by atoms with Gasteiger partial charge in [-0.2, -0.15) is 0 Å². The van der Waals surface area contributed by atoms with Gasteiger partial charge in [0, 0.05) is 15.6 Å². The second kappa shape index (κ2) is 5.37. The van der Waals surface area contributed by atoms with Crippen molar-refractivity contribution in [1.82, 2.24) is 0 Å². The molecule has 0 atom stereocenters. The number of aliphatic imine (C=N–C) groups is 1. The van der Waals surface area contributed by atoms with E-state index in [2.05, 4.69) is 66.1 Å². The predicted molar refractivity (Wildman–Crippen MR) is 74.0 cm³/mol. The fourth-order valence-corrected chi connectivity index (χ4v) is 2.63. The van der Waals surface area contributed by atoms with Crippen LogP contribution in [0.3, 0.4) is 0 Å². The van der Waals surface area contributed by atoms with E-state index in [0.717, 1.165) is 5.56 Å². The van der Waals surface area contributed by atoms with Crippen molar-refractivity contribution in [3.63, 3.8) is 0 Å². The molecule has 1 nitrogen and oxygen atoms in total. The van der Waals surface area contributed by atoms with E-state index in [1.807, 2.05) is 0 Å². The molecule has 0 saturated heterocycles. The predicted octanol–water partition coefficient (Wildman–Crippen LogP) is 5.35. The summed E-state index contributed by atoms with van der Waals surface area (Å²) >= 11 is 9.76. The van der Waals surface area contributed by atoms with Gasteiger partial charge in [-0.25, -0.2) is 4.39 Å². The van der Waals surface area contributed by atoms with Crippen molar-refractivity contribution in [2.75, 3.05) is 0 Å². The lowest BCUT2D eigenvalue weighted by atomic mass is 10.1. The summed E-state index contributed by atoms with van der Waals surface area (Å²) in [6.45, 7) is 7.10. The highest BCUT2D eigenvalue weighted by Crippen LogP contribution is 2.42. The van der Waals surface area contributed by atoms with Crippen molar-refractivity contribution in [2.45, 2.75) is 3.74 Å². The van der Waals surface area contributed by atoms with Crippen LogP contribution in [0.1, 0.15) is 14.9 Å². The Labute approximate surface area is 113 Å². The molecule has 0 aliphatic heterocycles. The van der Waals surface area contributed by atoms with Gasteiger partial charge in [0.2, 0.25) is 0 Å². The maximum Gasteiger partial charge on any atom is 0.131 e. The Morgan fingerprint density at radius 1 is 1.47 bits per heavy atom. The molecule has 1 aromatic carbocycles. The van der Waals surface area contributed by atoms with E-state index in [0.29, 0.717) is 15.7 Å². The largest absolute Gasteiger partial charge is 0.264 e. The molecule has 0 radical (unpaired) electrons. The van der Waals surface area contributed by atoms with E-state index in [1.54, 1.807) is 6.08 Å². The molecule has 0 aliphatic rings. The highest BCUT2D eigenvalue weighted by Gasteiger charge is 2.18. The number of nitrogens with zero attached hydrogens (tertiary/aromatic N) is 1. The Balaban J connectivity index is 3.63. The van der Waals surface area contributed by atoms with E-state index < -0.39 is 0 Å². The maximum atomic E-state index is 13.7. The summed E-state index contributed by atoms with van der Waals surface area (Å²) in [6.07, 6.45) is 1.61. The normalized spacial score (nSPS) is 10.5. The third-order valence-corrected chi connectivity index (χ3v) is 3.43. The molecule has 0 N–H and O–H groups in total. The Bertz CT molecular complexity index is 416. The van der Waals surface area contributed by atoms with Gasteiger partial charge in [-0.1, -0.05) is 44.5 Å². The van der Waals surface area contributed by atoms with Gasteiger partial charge >= 0.3 is 0 Å². The molecule has 0 heterocycles. The number of halogens is 4. The molecular formula is C10H7Br3FN. The zero-order valence-corrected chi connectivity index (χ0v) is 12.4. The SMILES string of the molecule is C=Cc1c(Br)cc(F)c(C(Br)Br)c1N=C. The first-order valence-corrected chi connectivity index (χ1v) is 6.54. The van der Waals surface area contributed by atoms with Crippen LogP contribution in [0.25, 0.3) is 6.08 Å². The zero-order chi connectivity index (χ0) is 11.6. The van der Waals surface area contributed by atoms with Crippen molar-refractivity contribution in [1.29, 1.82) is 0 Å². The first kappa shape index (κ1) is 13.1. The molecule has 15 heavy (non-hydrogen) atoms. The molecule has 1 aromatic rings. The molecule has 0 spiro atoms. The molecule has 1 rings (SSSR count). The van der Waals surface area contributed by atoms with Crippen molar-refractivity contribution >= 4 is 66.3 Å². The molecule has 0 saturated carbocycles. The van der Waals surface area contributed by atoms with Gasteiger partial charge in [0.05, 0.1) is 9.42 Å². The van der Waals surface area contributed by atoms with Crippen LogP contribution in [-0.4, -0.2) is 6.72 Å². The lowest BCUT2D eigenvalue weighted by molar-refractivity contribution is 0.617. The second-order valence-electron chi connectivity index (χ2n) is 2.68. The minimum absolute atomic E-state index is 0.308. The molecular weight excluding hydrogens is 393 g/mol. The molecule has 80 valence electrons. The minimum Gasteiger partial charge on any atom is -0.264 e. The number of benzene rings is 1. The van der Waals surface area contributed by atoms with E-state index in [1.165, 1.54) is 6.07 Å². The smallest absolute Gasteiger partial charge is 0.131 e. The van der Waals surface area contributed by atoms with E-state index >= 15 is 0 Å². The lowest BCUT2D eigenvalue weighted by Gasteiger charge is -2.12. The average molecular weight is 400 g/mol. The number of alkyl halides is 2. The van der Waals surface area contributed by atoms with Gasteiger partial charge in [0.1, 0.15) is 5.82 Å². The van der Waals surface area contributed by atoms with E-state index in [-0.39, 0.29) is 9.55 Å². The standard InChI is InChI=1S/C10H7Br3FN/c1-3-5-6(11)4-7(14)8(10(12)13)9(5)15-2/h3-4,10H,1-2H2.